The van der Waals surface area contributed by atoms with Gasteiger partial charge >= 0.3 is 0 Å². The van der Waals surface area contributed by atoms with Crippen LogP contribution in [0.15, 0.2) is 47.5 Å². The van der Waals surface area contributed by atoms with Crippen LogP contribution in [-0.2, 0) is 0 Å². The molecule has 21 heavy (non-hydrogen) atoms. The van der Waals surface area contributed by atoms with E-state index in [0.717, 1.165) is 5.69 Å². The van der Waals surface area contributed by atoms with Crippen LogP contribution in [0, 0.1) is 11.3 Å². The van der Waals surface area contributed by atoms with Crippen LogP contribution in [0.2, 0.25) is 0 Å². The van der Waals surface area contributed by atoms with Gasteiger partial charge in [-0.25, -0.2) is 4.98 Å². The van der Waals surface area contributed by atoms with Crippen LogP contribution in [-0.4, -0.2) is 16.1 Å². The lowest BCUT2D eigenvalue weighted by Gasteiger charge is -2.23. The molecule has 0 amide bonds. The van der Waals surface area contributed by atoms with E-state index < -0.39 is 0 Å². The average molecular weight is 282 g/mol. The highest BCUT2D eigenvalue weighted by Crippen LogP contribution is 2.20. The largest absolute Gasteiger partial charge is 0.321 e. The molecule has 0 saturated heterocycles. The van der Waals surface area contributed by atoms with Crippen LogP contribution in [0.3, 0.4) is 0 Å². The first-order valence-electron chi connectivity index (χ1n) is 6.92. The summed E-state index contributed by atoms with van der Waals surface area (Å²) in [7, 11) is 0. The van der Waals surface area contributed by atoms with E-state index in [9.17, 15) is 4.79 Å². The molecule has 108 valence electrons. The SMILES string of the molecule is CC(C)n1ccnc(N(CCC#N)c2ccccc2)c1=O. The average Bonchev–Trinajstić information content (AvgIpc) is 2.50. The molecule has 2 rings (SSSR count). The van der Waals surface area contributed by atoms with Gasteiger partial charge < -0.3 is 9.47 Å². The van der Waals surface area contributed by atoms with E-state index in [0.29, 0.717) is 18.8 Å². The molecule has 0 atom stereocenters. The van der Waals surface area contributed by atoms with Gasteiger partial charge in [-0.2, -0.15) is 5.26 Å². The van der Waals surface area contributed by atoms with E-state index in [1.54, 1.807) is 21.9 Å². The third-order valence-electron chi connectivity index (χ3n) is 3.18. The minimum atomic E-state index is -0.144. The predicted molar refractivity (Wildman–Crippen MR) is 82.6 cm³/mol. The van der Waals surface area contributed by atoms with E-state index in [-0.39, 0.29) is 11.6 Å². The zero-order chi connectivity index (χ0) is 15.2. The maximum Gasteiger partial charge on any atom is 0.294 e. The maximum atomic E-state index is 12.6. The van der Waals surface area contributed by atoms with Crippen molar-refractivity contribution in [2.24, 2.45) is 0 Å². The van der Waals surface area contributed by atoms with Crippen LogP contribution in [0.25, 0.3) is 0 Å². The molecule has 0 saturated carbocycles. The zero-order valence-corrected chi connectivity index (χ0v) is 12.2. The highest BCUT2D eigenvalue weighted by atomic mass is 16.1. The van der Waals surface area contributed by atoms with E-state index in [1.807, 2.05) is 44.2 Å². The van der Waals surface area contributed by atoms with Gasteiger partial charge in [0.15, 0.2) is 5.82 Å². The Labute approximate surface area is 124 Å². The van der Waals surface area contributed by atoms with E-state index >= 15 is 0 Å². The van der Waals surface area contributed by atoms with Crippen molar-refractivity contribution in [3.63, 3.8) is 0 Å². The molecule has 0 aliphatic carbocycles. The van der Waals surface area contributed by atoms with Gasteiger partial charge in [0.05, 0.1) is 12.5 Å². The van der Waals surface area contributed by atoms with Gasteiger partial charge in [0, 0.05) is 30.7 Å². The molecule has 0 radical (unpaired) electrons. The zero-order valence-electron chi connectivity index (χ0n) is 12.2. The number of hydrogen-bond acceptors (Lipinski definition) is 4. The molecule has 5 heteroatoms. The summed E-state index contributed by atoms with van der Waals surface area (Å²) in [5, 5.41) is 8.84. The quantitative estimate of drug-likeness (QED) is 0.846. The lowest BCUT2D eigenvalue weighted by molar-refractivity contribution is 0.573. The van der Waals surface area contributed by atoms with E-state index in [2.05, 4.69) is 11.1 Å². The minimum absolute atomic E-state index is 0.0628. The first-order valence-corrected chi connectivity index (χ1v) is 6.92. The van der Waals surface area contributed by atoms with Crippen LogP contribution < -0.4 is 10.5 Å². The Morgan fingerprint density at radius 2 is 2.05 bits per heavy atom. The monoisotopic (exact) mass is 282 g/mol. The van der Waals surface area contributed by atoms with Gasteiger partial charge in [0.2, 0.25) is 0 Å². The Bertz CT molecular complexity index is 685. The van der Waals surface area contributed by atoms with Gasteiger partial charge in [-0.15, -0.1) is 0 Å². The number of hydrogen-bond donors (Lipinski definition) is 0. The first-order chi connectivity index (χ1) is 10.1. The third kappa shape index (κ3) is 3.29. The molecule has 1 aromatic heterocycles. The number of para-hydroxylation sites is 1. The summed E-state index contributed by atoms with van der Waals surface area (Å²) in [6.45, 7) is 4.34. The Morgan fingerprint density at radius 1 is 1.33 bits per heavy atom. The van der Waals surface area contributed by atoms with Crippen molar-refractivity contribution in [2.45, 2.75) is 26.3 Å². The number of aromatic nitrogens is 2. The molecule has 5 nitrogen and oxygen atoms in total. The summed E-state index contributed by atoms with van der Waals surface area (Å²) in [6, 6.07) is 11.7. The van der Waals surface area contributed by atoms with Gasteiger partial charge in [-0.05, 0) is 26.0 Å². The van der Waals surface area contributed by atoms with Crippen molar-refractivity contribution in [3.8, 4) is 6.07 Å². The van der Waals surface area contributed by atoms with Crippen LogP contribution in [0.4, 0.5) is 11.5 Å². The van der Waals surface area contributed by atoms with Crippen molar-refractivity contribution in [1.29, 1.82) is 5.26 Å². The highest BCUT2D eigenvalue weighted by molar-refractivity contribution is 5.58. The Balaban J connectivity index is 2.50. The lowest BCUT2D eigenvalue weighted by atomic mass is 10.2. The fourth-order valence-corrected chi connectivity index (χ4v) is 2.13. The van der Waals surface area contributed by atoms with Crippen molar-refractivity contribution < 1.29 is 0 Å². The summed E-state index contributed by atoms with van der Waals surface area (Å²) >= 11 is 0. The molecular formula is C16H18N4O. The predicted octanol–water partition coefficient (Wildman–Crippen LogP) is 2.88. The Morgan fingerprint density at radius 3 is 2.67 bits per heavy atom. The number of anilines is 2. The number of nitriles is 1. The summed E-state index contributed by atoms with van der Waals surface area (Å²) in [5.41, 5.74) is 0.716. The second-order valence-electron chi connectivity index (χ2n) is 4.95. The highest BCUT2D eigenvalue weighted by Gasteiger charge is 2.16. The third-order valence-corrected chi connectivity index (χ3v) is 3.18. The summed E-state index contributed by atoms with van der Waals surface area (Å²) in [4.78, 5) is 18.6. The molecule has 1 aromatic carbocycles. The van der Waals surface area contributed by atoms with Crippen LogP contribution >= 0.6 is 0 Å². The van der Waals surface area contributed by atoms with Gasteiger partial charge in [0.25, 0.3) is 5.56 Å². The molecule has 0 fully saturated rings. The van der Waals surface area contributed by atoms with Crippen LogP contribution in [0.5, 0.6) is 0 Å². The second kappa shape index (κ2) is 6.71. The summed E-state index contributed by atoms with van der Waals surface area (Å²) in [5.74, 6) is 0.354. The second-order valence-corrected chi connectivity index (χ2v) is 4.95. The van der Waals surface area contributed by atoms with Crippen molar-refractivity contribution in [1.82, 2.24) is 9.55 Å². The Hall–Kier alpha value is -2.61. The summed E-state index contributed by atoms with van der Waals surface area (Å²) < 4.78 is 1.64. The normalized spacial score (nSPS) is 10.4. The molecule has 0 aliphatic heterocycles. The standard InChI is InChI=1S/C16H18N4O/c1-13(2)19-12-10-18-15(16(19)21)20(11-6-9-17)14-7-4-3-5-8-14/h3-5,7-8,10,12-13H,6,11H2,1-2H3. The molecule has 2 aromatic rings. The number of nitrogens with zero attached hydrogens (tertiary/aromatic N) is 4. The molecule has 0 bridgehead atoms. The fraction of sp³-hybridized carbons (Fsp3) is 0.312. The van der Waals surface area contributed by atoms with Crippen molar-refractivity contribution in [3.05, 3.63) is 53.1 Å². The number of benzene rings is 1. The lowest BCUT2D eigenvalue weighted by Crippen LogP contribution is -2.31. The summed E-state index contributed by atoms with van der Waals surface area (Å²) in [6.07, 6.45) is 3.63. The van der Waals surface area contributed by atoms with Gasteiger partial charge in [-0.1, -0.05) is 18.2 Å². The van der Waals surface area contributed by atoms with Gasteiger partial charge in [0.1, 0.15) is 0 Å². The van der Waals surface area contributed by atoms with E-state index in [1.165, 1.54) is 0 Å². The Kier molecular flexibility index (Phi) is 4.72. The van der Waals surface area contributed by atoms with Crippen LogP contribution in [0.1, 0.15) is 26.3 Å². The molecule has 1 heterocycles. The van der Waals surface area contributed by atoms with Gasteiger partial charge in [-0.3, -0.25) is 4.79 Å². The molecule has 0 N–H and O–H groups in total. The first kappa shape index (κ1) is 14.8. The molecule has 0 unspecified atom stereocenters. The minimum Gasteiger partial charge on any atom is -0.321 e. The van der Waals surface area contributed by atoms with E-state index in [4.69, 9.17) is 5.26 Å². The van der Waals surface area contributed by atoms with Crippen molar-refractivity contribution in [2.75, 3.05) is 11.4 Å². The van der Waals surface area contributed by atoms with Crippen molar-refractivity contribution >= 4 is 11.5 Å². The number of rotatable bonds is 5. The fourth-order valence-electron chi connectivity index (χ4n) is 2.13. The topological polar surface area (TPSA) is 61.9 Å². The molecule has 0 spiro atoms. The smallest absolute Gasteiger partial charge is 0.294 e. The maximum absolute atomic E-state index is 12.6. The molecular weight excluding hydrogens is 264 g/mol. The molecule has 0 aliphatic rings.